The van der Waals surface area contributed by atoms with Gasteiger partial charge in [0.15, 0.2) is 0 Å². The average Bonchev–Trinajstić information content (AvgIpc) is 3.17. The summed E-state index contributed by atoms with van der Waals surface area (Å²) in [5.74, 6) is 1.14. The van der Waals surface area contributed by atoms with Gasteiger partial charge < -0.3 is 9.47 Å². The Hall–Kier alpha value is -2.17. The van der Waals surface area contributed by atoms with E-state index in [2.05, 4.69) is 30.2 Å². The van der Waals surface area contributed by atoms with E-state index in [4.69, 9.17) is 4.98 Å². The molecule has 0 unspecified atom stereocenters. The zero-order valence-electron chi connectivity index (χ0n) is 17.6. The molecule has 2 aliphatic heterocycles. The Morgan fingerprint density at radius 2 is 2.07 bits per heavy atom. The molecule has 1 aromatic carbocycles. The summed E-state index contributed by atoms with van der Waals surface area (Å²) in [5.41, 5.74) is 2.12. The molecule has 0 N–H and O–H groups in total. The lowest BCUT2D eigenvalue weighted by molar-refractivity contribution is 0.0702. The van der Waals surface area contributed by atoms with E-state index in [1.54, 1.807) is 12.1 Å². The number of fused-ring (bicyclic) bond motifs is 3. The Balaban J connectivity index is 1.36. The van der Waals surface area contributed by atoms with E-state index in [0.29, 0.717) is 11.7 Å². The molecular formula is C24H30FN3O. The molecule has 1 saturated heterocycles. The minimum Gasteiger partial charge on any atom is -0.334 e. The van der Waals surface area contributed by atoms with Crippen molar-refractivity contribution >= 4 is 5.91 Å². The van der Waals surface area contributed by atoms with E-state index in [1.165, 1.54) is 12.5 Å². The number of amides is 1. The largest absolute Gasteiger partial charge is 0.334 e. The normalized spacial score (nSPS) is 30.3. The van der Waals surface area contributed by atoms with Crippen LogP contribution in [-0.2, 0) is 13.0 Å². The van der Waals surface area contributed by atoms with Crippen LogP contribution < -0.4 is 0 Å². The number of aromatic nitrogens is 2. The zero-order valence-corrected chi connectivity index (χ0v) is 17.6. The van der Waals surface area contributed by atoms with Crippen molar-refractivity contribution in [3.8, 4) is 0 Å². The molecular weight excluding hydrogens is 365 g/mol. The van der Waals surface area contributed by atoms with Gasteiger partial charge in [-0.05, 0) is 54.2 Å². The van der Waals surface area contributed by atoms with Gasteiger partial charge in [-0.1, -0.05) is 32.9 Å². The summed E-state index contributed by atoms with van der Waals surface area (Å²) in [6, 6.07) is 7.21. The predicted molar refractivity (Wildman–Crippen MR) is 110 cm³/mol. The third kappa shape index (κ3) is 3.38. The van der Waals surface area contributed by atoms with E-state index in [9.17, 15) is 9.18 Å². The minimum absolute atomic E-state index is 0.0839. The fraction of sp³-hybridized carbons (Fsp3) is 0.583. The first-order chi connectivity index (χ1) is 13.7. The summed E-state index contributed by atoms with van der Waals surface area (Å²) in [5, 5.41) is 0. The van der Waals surface area contributed by atoms with Gasteiger partial charge in [0.2, 0.25) is 0 Å². The lowest BCUT2D eigenvalue weighted by atomic mass is 9.65. The molecule has 3 aliphatic rings. The Kier molecular flexibility index (Phi) is 4.17. The highest BCUT2D eigenvalue weighted by atomic mass is 19.1. The van der Waals surface area contributed by atoms with E-state index < -0.39 is 0 Å². The molecule has 0 radical (unpaired) electrons. The van der Waals surface area contributed by atoms with Crippen molar-refractivity contribution in [2.24, 2.45) is 10.8 Å². The maximum absolute atomic E-state index is 13.6. The molecule has 5 rings (SSSR count). The first-order valence-corrected chi connectivity index (χ1v) is 10.8. The Bertz CT molecular complexity index is 965. The van der Waals surface area contributed by atoms with Crippen LogP contribution in [0.4, 0.5) is 4.39 Å². The minimum atomic E-state index is -0.189. The van der Waals surface area contributed by atoms with Gasteiger partial charge in [-0.15, -0.1) is 0 Å². The Morgan fingerprint density at radius 3 is 2.86 bits per heavy atom. The molecule has 29 heavy (non-hydrogen) atoms. The van der Waals surface area contributed by atoms with Gasteiger partial charge in [-0.3, -0.25) is 4.79 Å². The number of nitrogens with zero attached hydrogens (tertiary/aromatic N) is 3. The smallest absolute Gasteiger partial charge is 0.274 e. The van der Waals surface area contributed by atoms with Crippen LogP contribution in [0.25, 0.3) is 0 Å². The van der Waals surface area contributed by atoms with Crippen LogP contribution in [0.1, 0.15) is 74.2 Å². The van der Waals surface area contributed by atoms with Crippen molar-refractivity contribution in [3.05, 3.63) is 53.4 Å². The molecule has 2 aromatic rings. The van der Waals surface area contributed by atoms with Crippen molar-refractivity contribution in [1.29, 1.82) is 0 Å². The summed E-state index contributed by atoms with van der Waals surface area (Å²) in [6.45, 7) is 8.58. The van der Waals surface area contributed by atoms with Crippen LogP contribution >= 0.6 is 0 Å². The highest BCUT2D eigenvalue weighted by Gasteiger charge is 2.51. The molecule has 5 heteroatoms. The number of likely N-dealkylation sites (tertiary alicyclic amines) is 1. The number of rotatable bonds is 2. The number of imidazole rings is 1. The molecule has 4 nitrogen and oxygen atoms in total. The maximum atomic E-state index is 13.6. The maximum Gasteiger partial charge on any atom is 0.274 e. The summed E-state index contributed by atoms with van der Waals surface area (Å²) < 4.78 is 15.7. The number of carbonyl (C=O) groups is 1. The SMILES string of the molecule is CC1(C)C[C@H]2C[C@@](C)(CN2C(=O)c2cn3c(n2)CC[C@@H](c2cccc(F)c2)C3)C1. The summed E-state index contributed by atoms with van der Waals surface area (Å²) in [6.07, 6.45) is 7.05. The Morgan fingerprint density at radius 1 is 1.24 bits per heavy atom. The zero-order chi connectivity index (χ0) is 20.4. The van der Waals surface area contributed by atoms with Crippen molar-refractivity contribution in [2.75, 3.05) is 6.54 Å². The van der Waals surface area contributed by atoms with Gasteiger partial charge in [0.1, 0.15) is 17.3 Å². The number of halogens is 1. The van der Waals surface area contributed by atoms with Crippen LogP contribution in [-0.4, -0.2) is 32.9 Å². The fourth-order valence-corrected chi connectivity index (χ4v) is 6.42. The monoisotopic (exact) mass is 395 g/mol. The molecule has 154 valence electrons. The molecule has 0 spiro atoms. The third-order valence-electron chi connectivity index (χ3n) is 7.21. The van der Waals surface area contributed by atoms with Crippen molar-refractivity contribution in [2.45, 2.75) is 71.4 Å². The lowest BCUT2D eigenvalue weighted by Gasteiger charge is -2.39. The van der Waals surface area contributed by atoms with Crippen molar-refractivity contribution in [1.82, 2.24) is 14.5 Å². The summed E-state index contributed by atoms with van der Waals surface area (Å²) in [4.78, 5) is 20.2. The van der Waals surface area contributed by atoms with Gasteiger partial charge >= 0.3 is 0 Å². The predicted octanol–water partition coefficient (Wildman–Crippen LogP) is 4.79. The van der Waals surface area contributed by atoms with Crippen LogP contribution in [0.15, 0.2) is 30.5 Å². The van der Waals surface area contributed by atoms with Crippen LogP contribution in [0, 0.1) is 16.6 Å². The van der Waals surface area contributed by atoms with E-state index in [1.807, 2.05) is 12.3 Å². The van der Waals surface area contributed by atoms with Gasteiger partial charge in [0, 0.05) is 37.7 Å². The second-order valence-electron chi connectivity index (χ2n) is 10.6. The molecule has 1 aliphatic carbocycles. The Labute approximate surface area is 172 Å². The van der Waals surface area contributed by atoms with Crippen molar-refractivity contribution < 1.29 is 9.18 Å². The number of hydrogen-bond donors (Lipinski definition) is 0. The van der Waals surface area contributed by atoms with Crippen LogP contribution in [0.5, 0.6) is 0 Å². The molecule has 3 heterocycles. The standard InChI is InChI=1S/C24H30FN3O/c1-23(2)10-19-11-24(3,14-23)15-28(19)22(29)20-13-27-12-17(7-8-21(27)26-20)16-5-4-6-18(25)9-16/h4-6,9,13,17,19H,7-8,10-12,14-15H2,1-3H3/t17-,19+,24-/m1/s1. The summed E-state index contributed by atoms with van der Waals surface area (Å²) in [7, 11) is 0. The second-order valence-corrected chi connectivity index (χ2v) is 10.6. The van der Waals surface area contributed by atoms with Crippen LogP contribution in [0.3, 0.4) is 0 Å². The number of hydrogen-bond acceptors (Lipinski definition) is 2. The molecule has 2 fully saturated rings. The lowest BCUT2D eigenvalue weighted by Crippen LogP contribution is -2.37. The number of carbonyl (C=O) groups excluding carboxylic acids is 1. The van der Waals surface area contributed by atoms with Gasteiger partial charge in [0.05, 0.1) is 0 Å². The molecule has 1 aromatic heterocycles. The highest BCUT2D eigenvalue weighted by molar-refractivity contribution is 5.92. The molecule has 2 bridgehead atoms. The van der Waals surface area contributed by atoms with E-state index in [0.717, 1.165) is 50.2 Å². The van der Waals surface area contributed by atoms with E-state index in [-0.39, 0.29) is 28.5 Å². The fourth-order valence-electron chi connectivity index (χ4n) is 6.42. The first-order valence-electron chi connectivity index (χ1n) is 10.8. The second kappa shape index (κ2) is 6.41. The number of aryl methyl sites for hydroxylation is 1. The van der Waals surface area contributed by atoms with E-state index >= 15 is 0 Å². The average molecular weight is 396 g/mol. The third-order valence-corrected chi connectivity index (χ3v) is 7.21. The number of benzene rings is 1. The highest BCUT2D eigenvalue weighted by Crippen LogP contribution is 2.52. The topological polar surface area (TPSA) is 38.1 Å². The molecule has 1 amide bonds. The first kappa shape index (κ1) is 18.8. The van der Waals surface area contributed by atoms with Gasteiger partial charge in [-0.25, -0.2) is 9.37 Å². The van der Waals surface area contributed by atoms with Gasteiger partial charge in [-0.2, -0.15) is 0 Å². The van der Waals surface area contributed by atoms with Crippen molar-refractivity contribution in [3.63, 3.8) is 0 Å². The molecule has 3 atom stereocenters. The van der Waals surface area contributed by atoms with Crippen LogP contribution in [0.2, 0.25) is 0 Å². The molecule has 1 saturated carbocycles. The quantitative estimate of drug-likeness (QED) is 0.733. The summed E-state index contributed by atoms with van der Waals surface area (Å²) >= 11 is 0. The van der Waals surface area contributed by atoms with Gasteiger partial charge in [0.25, 0.3) is 5.91 Å².